The summed E-state index contributed by atoms with van der Waals surface area (Å²) >= 11 is 0. The van der Waals surface area contributed by atoms with Gasteiger partial charge in [-0.3, -0.25) is 0 Å². The second kappa shape index (κ2) is 5.11. The quantitative estimate of drug-likeness (QED) is 0.579. The molecule has 0 saturated heterocycles. The summed E-state index contributed by atoms with van der Waals surface area (Å²) in [4.78, 5) is 0. The van der Waals surface area contributed by atoms with Crippen LogP contribution in [0.4, 0.5) is 0 Å². The van der Waals surface area contributed by atoms with E-state index in [4.69, 9.17) is 0 Å². The molecule has 0 spiro atoms. The smallest absolute Gasteiger partial charge is 0.00771 e. The van der Waals surface area contributed by atoms with E-state index in [2.05, 4.69) is 32.1 Å². The lowest BCUT2D eigenvalue weighted by Gasteiger charge is -2.54. The van der Waals surface area contributed by atoms with Crippen LogP contribution in [0, 0.1) is 16.7 Å². The molecule has 0 aromatic carbocycles. The van der Waals surface area contributed by atoms with Crippen LogP contribution in [0.1, 0.15) is 78.1 Å². The lowest BCUT2D eigenvalue weighted by Crippen LogP contribution is -2.42. The van der Waals surface area contributed by atoms with Crippen molar-refractivity contribution in [3.8, 4) is 0 Å². The van der Waals surface area contributed by atoms with Gasteiger partial charge >= 0.3 is 0 Å². The Kier molecular flexibility index (Phi) is 3.62. The molecule has 0 N–H and O–H groups in total. The van der Waals surface area contributed by atoms with Crippen LogP contribution in [-0.2, 0) is 0 Å². The van der Waals surface area contributed by atoms with Gasteiger partial charge in [-0.05, 0) is 61.7 Å². The highest BCUT2D eigenvalue weighted by atomic mass is 14.5. The minimum Gasteiger partial charge on any atom is -0.0842 e. The molecule has 19 heavy (non-hydrogen) atoms. The van der Waals surface area contributed by atoms with E-state index >= 15 is 0 Å². The van der Waals surface area contributed by atoms with Gasteiger partial charge in [0, 0.05) is 0 Å². The first kappa shape index (κ1) is 13.5. The van der Waals surface area contributed by atoms with Crippen molar-refractivity contribution in [3.05, 3.63) is 23.8 Å². The van der Waals surface area contributed by atoms with Crippen molar-refractivity contribution >= 4 is 0 Å². The highest BCUT2D eigenvalue weighted by molar-refractivity contribution is 5.26. The summed E-state index contributed by atoms with van der Waals surface area (Å²) in [5, 5.41) is 0. The van der Waals surface area contributed by atoms with E-state index < -0.39 is 0 Å². The predicted molar refractivity (Wildman–Crippen MR) is 83.1 cm³/mol. The zero-order valence-electron chi connectivity index (χ0n) is 12.9. The first-order chi connectivity index (χ1) is 9.16. The summed E-state index contributed by atoms with van der Waals surface area (Å²) in [6.07, 6.45) is 21.5. The molecule has 3 aliphatic rings. The van der Waals surface area contributed by atoms with E-state index in [9.17, 15) is 0 Å². The summed E-state index contributed by atoms with van der Waals surface area (Å²) in [6.45, 7) is 4.97. The Balaban J connectivity index is 1.92. The van der Waals surface area contributed by atoms with Crippen molar-refractivity contribution < 1.29 is 0 Å². The van der Waals surface area contributed by atoms with Gasteiger partial charge in [0.1, 0.15) is 0 Å². The second-order valence-corrected chi connectivity index (χ2v) is 7.84. The Morgan fingerprint density at radius 3 is 2.89 bits per heavy atom. The van der Waals surface area contributed by atoms with Crippen molar-refractivity contribution in [2.24, 2.45) is 16.7 Å². The SMILES string of the molecule is CCCC1(C2=CC=CCC2)CC2CCCC(C)(C2)C1. The van der Waals surface area contributed by atoms with Gasteiger partial charge in [0.05, 0.1) is 0 Å². The molecule has 0 radical (unpaired) electrons. The standard InChI is InChI=1S/C19H30/c1-3-11-19(17-9-5-4-6-10-17)14-16-8-7-12-18(2,13-16)15-19/h4-5,9,16H,3,6-8,10-15H2,1-2H3. The normalized spacial score (nSPS) is 42.0. The Hall–Kier alpha value is -0.520. The topological polar surface area (TPSA) is 0 Å². The molecule has 3 unspecified atom stereocenters. The lowest BCUT2D eigenvalue weighted by atomic mass is 9.51. The van der Waals surface area contributed by atoms with Gasteiger partial charge in [0.2, 0.25) is 0 Å². The fraction of sp³-hybridized carbons (Fsp3) is 0.789. The third-order valence-corrected chi connectivity index (χ3v) is 6.04. The van der Waals surface area contributed by atoms with Gasteiger partial charge in [-0.1, -0.05) is 56.9 Å². The number of hydrogen-bond acceptors (Lipinski definition) is 0. The fourth-order valence-electron chi connectivity index (χ4n) is 5.61. The molecule has 0 nitrogen and oxygen atoms in total. The van der Waals surface area contributed by atoms with E-state index in [0.717, 1.165) is 5.92 Å². The summed E-state index contributed by atoms with van der Waals surface area (Å²) < 4.78 is 0. The van der Waals surface area contributed by atoms with Crippen LogP contribution in [0.25, 0.3) is 0 Å². The first-order valence-electron chi connectivity index (χ1n) is 8.52. The van der Waals surface area contributed by atoms with Gasteiger partial charge in [-0.2, -0.15) is 0 Å². The van der Waals surface area contributed by atoms with E-state index in [-0.39, 0.29) is 0 Å². The number of allylic oxidation sites excluding steroid dienone is 4. The zero-order valence-corrected chi connectivity index (χ0v) is 12.9. The molecule has 0 heterocycles. The van der Waals surface area contributed by atoms with Gasteiger partial charge in [0.15, 0.2) is 0 Å². The summed E-state index contributed by atoms with van der Waals surface area (Å²) in [5.74, 6) is 1.02. The molecule has 2 bridgehead atoms. The van der Waals surface area contributed by atoms with Crippen molar-refractivity contribution in [2.45, 2.75) is 78.1 Å². The van der Waals surface area contributed by atoms with Gasteiger partial charge in [-0.15, -0.1) is 0 Å². The summed E-state index contributed by atoms with van der Waals surface area (Å²) in [5.41, 5.74) is 3.02. The molecule has 0 aromatic rings. The number of hydrogen-bond donors (Lipinski definition) is 0. The molecule has 106 valence electrons. The summed E-state index contributed by atoms with van der Waals surface area (Å²) in [6, 6.07) is 0. The molecule has 2 saturated carbocycles. The molecule has 3 aliphatic carbocycles. The van der Waals surface area contributed by atoms with Crippen LogP contribution in [0.3, 0.4) is 0 Å². The van der Waals surface area contributed by atoms with E-state index in [1.54, 1.807) is 5.57 Å². The lowest BCUT2D eigenvalue weighted by molar-refractivity contribution is 0.00670. The average molecular weight is 258 g/mol. The molecule has 0 aliphatic heterocycles. The largest absolute Gasteiger partial charge is 0.0842 e. The predicted octanol–water partition coefficient (Wildman–Crippen LogP) is 6.04. The second-order valence-electron chi connectivity index (χ2n) is 7.84. The van der Waals surface area contributed by atoms with Gasteiger partial charge in [-0.25, -0.2) is 0 Å². The van der Waals surface area contributed by atoms with Crippen LogP contribution in [-0.4, -0.2) is 0 Å². The van der Waals surface area contributed by atoms with Crippen LogP contribution >= 0.6 is 0 Å². The van der Waals surface area contributed by atoms with Crippen LogP contribution < -0.4 is 0 Å². The molecule has 3 rings (SSSR count). The molecular formula is C19H30. The minimum absolute atomic E-state index is 0.567. The Labute approximate surface area is 119 Å². The Morgan fingerprint density at radius 2 is 2.21 bits per heavy atom. The van der Waals surface area contributed by atoms with Gasteiger partial charge in [0.25, 0.3) is 0 Å². The monoisotopic (exact) mass is 258 g/mol. The van der Waals surface area contributed by atoms with Crippen LogP contribution in [0.15, 0.2) is 23.8 Å². The molecule has 0 amide bonds. The maximum Gasteiger partial charge on any atom is -0.00771 e. The maximum atomic E-state index is 2.59. The van der Waals surface area contributed by atoms with Crippen molar-refractivity contribution in [3.63, 3.8) is 0 Å². The first-order valence-corrected chi connectivity index (χ1v) is 8.52. The zero-order chi connectivity index (χ0) is 13.3. The van der Waals surface area contributed by atoms with Crippen molar-refractivity contribution in [2.75, 3.05) is 0 Å². The van der Waals surface area contributed by atoms with Crippen molar-refractivity contribution in [1.82, 2.24) is 0 Å². The number of fused-ring (bicyclic) bond motifs is 2. The van der Waals surface area contributed by atoms with E-state index in [0.29, 0.717) is 10.8 Å². The molecule has 3 atom stereocenters. The van der Waals surface area contributed by atoms with Crippen LogP contribution in [0.2, 0.25) is 0 Å². The van der Waals surface area contributed by atoms with Gasteiger partial charge < -0.3 is 0 Å². The minimum atomic E-state index is 0.567. The fourth-order valence-corrected chi connectivity index (χ4v) is 5.61. The highest BCUT2D eigenvalue weighted by Crippen LogP contribution is 2.60. The number of rotatable bonds is 3. The highest BCUT2D eigenvalue weighted by Gasteiger charge is 2.48. The average Bonchev–Trinajstić information content (AvgIpc) is 2.38. The third-order valence-electron chi connectivity index (χ3n) is 6.04. The maximum absolute atomic E-state index is 2.59. The van der Waals surface area contributed by atoms with E-state index in [1.165, 1.54) is 64.2 Å². The Morgan fingerprint density at radius 1 is 1.32 bits per heavy atom. The van der Waals surface area contributed by atoms with Crippen molar-refractivity contribution in [1.29, 1.82) is 0 Å². The molecule has 0 aromatic heterocycles. The molecular weight excluding hydrogens is 228 g/mol. The third kappa shape index (κ3) is 2.56. The van der Waals surface area contributed by atoms with Crippen LogP contribution in [0.5, 0.6) is 0 Å². The van der Waals surface area contributed by atoms with E-state index in [1.807, 2.05) is 0 Å². The summed E-state index contributed by atoms with van der Waals surface area (Å²) in [7, 11) is 0. The Bertz CT molecular complexity index is 389. The molecule has 0 heteroatoms. The molecule has 2 fully saturated rings.